The minimum absolute atomic E-state index is 0.0211. The minimum Gasteiger partial charge on any atom is -0.493 e. The van der Waals surface area contributed by atoms with Crippen LogP contribution in [0.15, 0.2) is 18.2 Å². The fraction of sp³-hybridized carbons (Fsp3) is 0.533. The number of rotatable bonds is 4. The predicted molar refractivity (Wildman–Crippen MR) is 73.9 cm³/mol. The zero-order chi connectivity index (χ0) is 13.8. The van der Waals surface area contributed by atoms with Crippen molar-refractivity contribution in [2.45, 2.75) is 46.6 Å². The second-order valence-corrected chi connectivity index (χ2v) is 5.59. The van der Waals surface area contributed by atoms with Crippen molar-refractivity contribution in [2.24, 2.45) is 0 Å². The second-order valence-electron chi connectivity index (χ2n) is 5.59. The summed E-state index contributed by atoms with van der Waals surface area (Å²) < 4.78 is 5.64. The molecular formula is C15H23NO2. The number of hydrogen-bond donors (Lipinski definition) is 1. The molecule has 0 aliphatic carbocycles. The van der Waals surface area contributed by atoms with Crippen molar-refractivity contribution in [3.8, 4) is 5.75 Å². The lowest BCUT2D eigenvalue weighted by atomic mass is 10.1. The minimum atomic E-state index is -0.184. The Morgan fingerprint density at radius 2 is 1.94 bits per heavy atom. The fourth-order valence-electron chi connectivity index (χ4n) is 1.61. The van der Waals surface area contributed by atoms with Gasteiger partial charge in [0.25, 0.3) is 0 Å². The Labute approximate surface area is 110 Å². The third-order valence-corrected chi connectivity index (χ3v) is 2.66. The highest BCUT2D eigenvalue weighted by Gasteiger charge is 2.13. The lowest BCUT2D eigenvalue weighted by Gasteiger charge is -2.20. The van der Waals surface area contributed by atoms with E-state index in [0.717, 1.165) is 11.3 Å². The number of hydrogen-bond acceptors (Lipinski definition) is 2. The lowest BCUT2D eigenvalue weighted by Crippen LogP contribution is -2.41. The van der Waals surface area contributed by atoms with Gasteiger partial charge in [0.15, 0.2) is 0 Å². The molecule has 1 aromatic carbocycles. The summed E-state index contributed by atoms with van der Waals surface area (Å²) in [5.74, 6) is 0.881. The SMILES string of the molecule is Cc1cccc(OCCC(=O)NC(C)(C)C)c1C. The molecule has 18 heavy (non-hydrogen) atoms. The monoisotopic (exact) mass is 249 g/mol. The fourth-order valence-corrected chi connectivity index (χ4v) is 1.61. The number of ether oxygens (including phenoxy) is 1. The molecule has 0 aromatic heterocycles. The van der Waals surface area contributed by atoms with Crippen LogP contribution in [0.3, 0.4) is 0 Å². The number of aryl methyl sites for hydroxylation is 1. The van der Waals surface area contributed by atoms with E-state index in [4.69, 9.17) is 4.74 Å². The number of nitrogens with one attached hydrogen (secondary N) is 1. The third-order valence-electron chi connectivity index (χ3n) is 2.66. The van der Waals surface area contributed by atoms with Crippen LogP contribution in [0.1, 0.15) is 38.3 Å². The summed E-state index contributed by atoms with van der Waals surface area (Å²) in [5.41, 5.74) is 2.15. The molecule has 100 valence electrons. The number of carbonyl (C=O) groups is 1. The largest absolute Gasteiger partial charge is 0.493 e. The molecule has 3 heteroatoms. The van der Waals surface area contributed by atoms with Crippen molar-refractivity contribution in [1.29, 1.82) is 0 Å². The molecule has 0 saturated heterocycles. The van der Waals surface area contributed by atoms with Crippen LogP contribution < -0.4 is 10.1 Å². The van der Waals surface area contributed by atoms with Gasteiger partial charge in [-0.05, 0) is 51.8 Å². The smallest absolute Gasteiger partial charge is 0.223 e. The standard InChI is InChI=1S/C15H23NO2/c1-11-7-6-8-13(12(11)2)18-10-9-14(17)16-15(3,4)5/h6-8H,9-10H2,1-5H3,(H,16,17). The Morgan fingerprint density at radius 3 is 2.56 bits per heavy atom. The molecule has 0 aliphatic rings. The van der Waals surface area contributed by atoms with Crippen LogP contribution in [-0.2, 0) is 4.79 Å². The van der Waals surface area contributed by atoms with Crippen molar-refractivity contribution >= 4 is 5.91 Å². The van der Waals surface area contributed by atoms with Crippen molar-refractivity contribution in [1.82, 2.24) is 5.32 Å². The van der Waals surface area contributed by atoms with Gasteiger partial charge in [-0.25, -0.2) is 0 Å². The van der Waals surface area contributed by atoms with Crippen molar-refractivity contribution in [3.63, 3.8) is 0 Å². The van der Waals surface area contributed by atoms with Crippen molar-refractivity contribution < 1.29 is 9.53 Å². The normalized spacial score (nSPS) is 11.2. The van der Waals surface area contributed by atoms with Crippen LogP contribution in [0.5, 0.6) is 5.75 Å². The highest BCUT2D eigenvalue weighted by molar-refractivity contribution is 5.76. The Balaban J connectivity index is 2.43. The average Bonchev–Trinajstić information content (AvgIpc) is 2.21. The van der Waals surface area contributed by atoms with Gasteiger partial charge in [0.1, 0.15) is 5.75 Å². The van der Waals surface area contributed by atoms with Crippen molar-refractivity contribution in [3.05, 3.63) is 29.3 Å². The molecule has 0 bridgehead atoms. The summed E-state index contributed by atoms with van der Waals surface area (Å²) in [4.78, 5) is 11.6. The zero-order valence-corrected chi connectivity index (χ0v) is 12.0. The van der Waals surface area contributed by atoms with E-state index in [0.29, 0.717) is 13.0 Å². The zero-order valence-electron chi connectivity index (χ0n) is 12.0. The highest BCUT2D eigenvalue weighted by atomic mass is 16.5. The van der Waals surface area contributed by atoms with E-state index in [9.17, 15) is 4.79 Å². The molecule has 0 saturated carbocycles. The Hall–Kier alpha value is -1.51. The van der Waals surface area contributed by atoms with Gasteiger partial charge < -0.3 is 10.1 Å². The van der Waals surface area contributed by atoms with Crippen LogP contribution in [0.4, 0.5) is 0 Å². The first-order valence-corrected chi connectivity index (χ1v) is 6.29. The molecule has 1 N–H and O–H groups in total. The molecule has 0 spiro atoms. The van der Waals surface area contributed by atoms with Crippen LogP contribution in [0.25, 0.3) is 0 Å². The van der Waals surface area contributed by atoms with E-state index in [2.05, 4.69) is 18.3 Å². The Bertz CT molecular complexity index is 419. The van der Waals surface area contributed by atoms with Gasteiger partial charge in [0.2, 0.25) is 5.91 Å². The molecule has 1 rings (SSSR count). The summed E-state index contributed by atoms with van der Waals surface area (Å²) in [6, 6.07) is 5.95. The molecule has 0 aliphatic heterocycles. The maximum atomic E-state index is 11.6. The van der Waals surface area contributed by atoms with Crippen LogP contribution in [0, 0.1) is 13.8 Å². The molecule has 3 nitrogen and oxygen atoms in total. The summed E-state index contributed by atoms with van der Waals surface area (Å²) >= 11 is 0. The summed E-state index contributed by atoms with van der Waals surface area (Å²) in [6.07, 6.45) is 0.380. The van der Waals surface area contributed by atoms with Crippen LogP contribution in [-0.4, -0.2) is 18.1 Å². The van der Waals surface area contributed by atoms with Gasteiger partial charge in [0.05, 0.1) is 13.0 Å². The molecular weight excluding hydrogens is 226 g/mol. The Kier molecular flexibility index (Phi) is 4.76. The van der Waals surface area contributed by atoms with Gasteiger partial charge in [-0.15, -0.1) is 0 Å². The van der Waals surface area contributed by atoms with E-state index in [1.54, 1.807) is 0 Å². The van der Waals surface area contributed by atoms with E-state index >= 15 is 0 Å². The van der Waals surface area contributed by atoms with E-state index in [1.807, 2.05) is 39.8 Å². The molecule has 1 amide bonds. The molecule has 1 aromatic rings. The second kappa shape index (κ2) is 5.89. The lowest BCUT2D eigenvalue weighted by molar-refractivity contribution is -0.122. The summed E-state index contributed by atoms with van der Waals surface area (Å²) in [7, 11) is 0. The molecule has 0 fully saturated rings. The van der Waals surface area contributed by atoms with Gasteiger partial charge >= 0.3 is 0 Å². The average molecular weight is 249 g/mol. The third kappa shape index (κ3) is 4.78. The predicted octanol–water partition coefficient (Wildman–Crippen LogP) is 2.99. The maximum Gasteiger partial charge on any atom is 0.223 e. The van der Waals surface area contributed by atoms with Crippen molar-refractivity contribution in [2.75, 3.05) is 6.61 Å². The molecule has 0 unspecified atom stereocenters. The number of carbonyl (C=O) groups excluding carboxylic acids is 1. The topological polar surface area (TPSA) is 38.3 Å². The molecule has 0 heterocycles. The number of amides is 1. The molecule has 0 atom stereocenters. The van der Waals surface area contributed by atoms with Crippen LogP contribution in [0.2, 0.25) is 0 Å². The first-order valence-electron chi connectivity index (χ1n) is 6.29. The van der Waals surface area contributed by atoms with E-state index in [-0.39, 0.29) is 11.4 Å². The highest BCUT2D eigenvalue weighted by Crippen LogP contribution is 2.20. The first-order chi connectivity index (χ1) is 8.29. The molecule has 0 radical (unpaired) electrons. The summed E-state index contributed by atoms with van der Waals surface area (Å²) in [5, 5.41) is 2.91. The quantitative estimate of drug-likeness (QED) is 0.891. The first kappa shape index (κ1) is 14.6. The van der Waals surface area contributed by atoms with E-state index in [1.165, 1.54) is 5.56 Å². The van der Waals surface area contributed by atoms with Gasteiger partial charge in [0, 0.05) is 5.54 Å². The van der Waals surface area contributed by atoms with E-state index < -0.39 is 0 Å². The Morgan fingerprint density at radius 1 is 1.28 bits per heavy atom. The summed E-state index contributed by atoms with van der Waals surface area (Å²) in [6.45, 7) is 10.4. The van der Waals surface area contributed by atoms with Gasteiger partial charge in [-0.1, -0.05) is 12.1 Å². The van der Waals surface area contributed by atoms with Gasteiger partial charge in [-0.3, -0.25) is 4.79 Å². The van der Waals surface area contributed by atoms with Crippen LogP contribution >= 0.6 is 0 Å². The maximum absolute atomic E-state index is 11.6. The number of benzene rings is 1. The van der Waals surface area contributed by atoms with Gasteiger partial charge in [-0.2, -0.15) is 0 Å².